The van der Waals surface area contributed by atoms with Crippen molar-refractivity contribution in [1.82, 2.24) is 0 Å². The van der Waals surface area contributed by atoms with Crippen LogP contribution in [0.15, 0.2) is 133 Å². The zero-order valence-corrected chi connectivity index (χ0v) is 34.9. The van der Waals surface area contributed by atoms with Crippen LogP contribution in [0.3, 0.4) is 0 Å². The van der Waals surface area contributed by atoms with Crippen LogP contribution in [0.2, 0.25) is 0 Å². The maximum atomic E-state index is 2.55. The minimum Gasteiger partial charge on any atom is -1.00 e. The Hall–Kier alpha value is -4.13. The van der Waals surface area contributed by atoms with Gasteiger partial charge in [-0.05, 0) is 77.6 Å². The van der Waals surface area contributed by atoms with E-state index < -0.39 is 0 Å². The molecule has 0 spiro atoms. The average molecular weight is 812 g/mol. The smallest absolute Gasteiger partial charge is 1.00 e. The summed E-state index contributed by atoms with van der Waals surface area (Å²) in [5.74, 6) is 0. The van der Waals surface area contributed by atoms with Gasteiger partial charge in [0.15, 0.2) is 0 Å². The van der Waals surface area contributed by atoms with Gasteiger partial charge in [-0.25, -0.2) is 0 Å². The van der Waals surface area contributed by atoms with E-state index in [9.17, 15) is 0 Å². The van der Waals surface area contributed by atoms with Gasteiger partial charge in [0, 0.05) is 46.4 Å². The van der Waals surface area contributed by atoms with Crippen LogP contribution in [0, 0.1) is 35.1 Å². The zero-order chi connectivity index (χ0) is 35.1. The van der Waals surface area contributed by atoms with Crippen molar-refractivity contribution >= 4 is 11.4 Å². The number of hydrogen-bond donors (Lipinski definition) is 0. The van der Waals surface area contributed by atoms with E-state index >= 15 is 0 Å². The topological polar surface area (TPSA) is 6.02 Å². The molecule has 2 heterocycles. The van der Waals surface area contributed by atoms with E-state index in [-0.39, 0.29) is 40.3 Å². The molecule has 4 unspecified atom stereocenters. The van der Waals surface area contributed by atoms with E-state index in [0.29, 0.717) is 24.2 Å². The number of rotatable bonds is 6. The molecule has 2 fully saturated rings. The molecular weight excluding hydrogens is 758 g/mol. The molecule has 0 radical (unpaired) electrons. The second kappa shape index (κ2) is 17.3. The average Bonchev–Trinajstić information content (AvgIpc) is 3.95. The maximum absolute atomic E-state index is 2.55. The van der Waals surface area contributed by atoms with Crippen molar-refractivity contribution in [3.05, 3.63) is 163 Å². The first-order chi connectivity index (χ1) is 24.1. The van der Waals surface area contributed by atoms with E-state index in [4.69, 9.17) is 0 Å². The molecular formula is C49H53ClN2Pd. The minimum atomic E-state index is 0. The molecule has 4 heteroatoms. The van der Waals surface area contributed by atoms with Crippen LogP contribution in [0.4, 0.5) is 11.4 Å². The predicted molar refractivity (Wildman–Crippen MR) is 223 cm³/mol. The molecule has 0 N–H and O–H groups in total. The van der Waals surface area contributed by atoms with Crippen molar-refractivity contribution in [2.24, 2.45) is 0 Å². The van der Waals surface area contributed by atoms with E-state index in [1.165, 1.54) is 78.1 Å². The van der Waals surface area contributed by atoms with Gasteiger partial charge < -0.3 is 29.6 Å². The largest absolute Gasteiger partial charge is 2.00 e. The number of nitrogens with zero attached hydrogens (tertiary/aromatic N) is 2. The molecule has 8 rings (SSSR count). The Balaban J connectivity index is 0.000000224. The summed E-state index contributed by atoms with van der Waals surface area (Å²) in [7, 11) is 0. The summed E-state index contributed by atoms with van der Waals surface area (Å²) >= 11 is 0. The molecule has 6 aromatic carbocycles. The summed E-state index contributed by atoms with van der Waals surface area (Å²) in [4.78, 5) is 5.09. The van der Waals surface area contributed by atoms with Gasteiger partial charge in [0.25, 0.3) is 0 Å². The molecule has 4 atom stereocenters. The third-order valence-corrected chi connectivity index (χ3v) is 11.0. The minimum absolute atomic E-state index is 0. The number of para-hydroxylation sites is 2. The first kappa shape index (κ1) is 41.6. The van der Waals surface area contributed by atoms with Gasteiger partial charge in [-0.2, -0.15) is 0 Å². The number of anilines is 2. The molecule has 2 aliphatic heterocycles. The summed E-state index contributed by atoms with van der Waals surface area (Å²) in [6.07, 6.45) is 0. The zero-order valence-electron chi connectivity index (χ0n) is 32.6. The number of halogens is 1. The fourth-order valence-electron chi connectivity index (χ4n) is 7.33. The molecule has 2 nitrogen and oxygen atoms in total. The van der Waals surface area contributed by atoms with Crippen molar-refractivity contribution < 1.29 is 32.8 Å². The van der Waals surface area contributed by atoms with Crippen LogP contribution in [0.5, 0.6) is 0 Å². The van der Waals surface area contributed by atoms with Crippen LogP contribution in [0.1, 0.15) is 49.9 Å². The van der Waals surface area contributed by atoms with Crippen LogP contribution >= 0.6 is 0 Å². The van der Waals surface area contributed by atoms with Gasteiger partial charge in [-0.1, -0.05) is 156 Å². The van der Waals surface area contributed by atoms with Gasteiger partial charge in [0.2, 0.25) is 0 Å². The summed E-state index contributed by atoms with van der Waals surface area (Å²) in [5.41, 5.74) is 18.4. The molecule has 0 aromatic heterocycles. The van der Waals surface area contributed by atoms with Gasteiger partial charge in [-0.15, -0.1) is 0 Å². The van der Waals surface area contributed by atoms with E-state index in [0.717, 1.165) is 0 Å². The number of aryl methyl sites for hydroxylation is 4. The molecule has 276 valence electrons. The predicted octanol–water partition coefficient (Wildman–Crippen LogP) is 9.92. The SMILES string of the molecule is Cc1ccc(-c2cccc(-c3ccc(C)cc3)c2N2C(C)C2C)cc1.Cc1ccc(-c2cccc(-c3ccc(C)cc3)c2N2C(C)C2C)cc1.[CH3-].[Cl-].[Pd+2]. The van der Waals surface area contributed by atoms with Crippen molar-refractivity contribution in [1.29, 1.82) is 0 Å². The summed E-state index contributed by atoms with van der Waals surface area (Å²) in [6.45, 7) is 17.8. The molecule has 0 saturated carbocycles. The fraction of sp³-hybridized carbons (Fsp3) is 0.245. The van der Waals surface area contributed by atoms with Gasteiger partial charge >= 0.3 is 20.4 Å². The van der Waals surface area contributed by atoms with Crippen LogP contribution < -0.4 is 22.2 Å². The van der Waals surface area contributed by atoms with Crippen LogP contribution in [-0.2, 0) is 20.4 Å². The van der Waals surface area contributed by atoms with Gasteiger partial charge in [0.1, 0.15) is 0 Å². The van der Waals surface area contributed by atoms with Crippen molar-refractivity contribution in [3.8, 4) is 44.5 Å². The van der Waals surface area contributed by atoms with Crippen LogP contribution in [0.25, 0.3) is 44.5 Å². The van der Waals surface area contributed by atoms with E-state index in [1.807, 2.05) is 0 Å². The Kier molecular flexibility index (Phi) is 13.6. The first-order valence-electron chi connectivity index (χ1n) is 18.2. The molecule has 53 heavy (non-hydrogen) atoms. The Morgan fingerprint density at radius 3 is 0.698 bits per heavy atom. The van der Waals surface area contributed by atoms with Gasteiger partial charge in [-0.3, -0.25) is 0 Å². The first-order valence-corrected chi connectivity index (χ1v) is 18.2. The van der Waals surface area contributed by atoms with Gasteiger partial charge in [0.05, 0.1) is 11.4 Å². The number of hydrogen-bond acceptors (Lipinski definition) is 2. The Morgan fingerprint density at radius 2 is 0.528 bits per heavy atom. The summed E-state index contributed by atoms with van der Waals surface area (Å²) < 4.78 is 0. The molecule has 2 aliphatic rings. The second-order valence-electron chi connectivity index (χ2n) is 14.6. The summed E-state index contributed by atoms with van der Waals surface area (Å²) in [6, 6.07) is 51.3. The Labute approximate surface area is 339 Å². The molecule has 6 aromatic rings. The van der Waals surface area contributed by atoms with Crippen molar-refractivity contribution in [3.63, 3.8) is 0 Å². The second-order valence-corrected chi connectivity index (χ2v) is 14.6. The van der Waals surface area contributed by atoms with Crippen molar-refractivity contribution in [2.75, 3.05) is 9.80 Å². The molecule has 0 aliphatic carbocycles. The molecule has 0 amide bonds. The third-order valence-electron chi connectivity index (χ3n) is 11.0. The van der Waals surface area contributed by atoms with E-state index in [2.05, 4.69) is 199 Å². The Morgan fingerprint density at radius 1 is 0.340 bits per heavy atom. The maximum Gasteiger partial charge on any atom is 2.00 e. The quantitative estimate of drug-likeness (QED) is 0.0939. The standard InChI is InChI=1S/2C24H25N.CH3.ClH.Pd/c2*1-16-8-12-20(13-9-16)22-6-5-7-23(21-14-10-17(2)11-15-21)24(22)25-18(3)19(25)4;;;/h2*5-15,18-19H,1-4H3;1H3;1H;/q;;-1;;+2/p-1. The number of benzene rings is 6. The Bertz CT molecular complexity index is 1810. The molecule has 2 saturated heterocycles. The third kappa shape index (κ3) is 8.66. The van der Waals surface area contributed by atoms with Crippen LogP contribution in [-0.4, -0.2) is 24.2 Å². The molecule has 0 bridgehead atoms. The summed E-state index contributed by atoms with van der Waals surface area (Å²) in [5, 5.41) is 0. The normalized spacial score (nSPS) is 18.0. The van der Waals surface area contributed by atoms with E-state index in [1.54, 1.807) is 0 Å². The fourth-order valence-corrected chi connectivity index (χ4v) is 7.33. The van der Waals surface area contributed by atoms with Crippen molar-refractivity contribution in [2.45, 2.75) is 79.6 Å². The monoisotopic (exact) mass is 810 g/mol.